The van der Waals surface area contributed by atoms with Crippen LogP contribution in [0, 0.1) is 0 Å². The van der Waals surface area contributed by atoms with E-state index in [0.29, 0.717) is 0 Å². The Kier molecular flexibility index (Phi) is 4.93. The maximum absolute atomic E-state index is 12.5. The van der Waals surface area contributed by atoms with Crippen LogP contribution < -0.4 is 4.74 Å². The van der Waals surface area contributed by atoms with E-state index in [9.17, 15) is 4.79 Å². The molecule has 0 bridgehead atoms. The van der Waals surface area contributed by atoms with E-state index in [1.807, 2.05) is 30.0 Å². The Morgan fingerprint density at radius 3 is 2.77 bits per heavy atom. The molecule has 2 atom stereocenters. The Morgan fingerprint density at radius 2 is 2.05 bits per heavy atom. The van der Waals surface area contributed by atoms with E-state index in [4.69, 9.17) is 4.74 Å². The summed E-state index contributed by atoms with van der Waals surface area (Å²) in [5.41, 5.74) is 1.16. The Balaban J connectivity index is 1.73. The monoisotopic (exact) mass is 320 g/mol. The van der Waals surface area contributed by atoms with Gasteiger partial charge in [0, 0.05) is 13.1 Å². The first kappa shape index (κ1) is 15.7. The Bertz CT molecular complexity index is 531. The molecule has 120 valence electrons. The Labute approximate surface area is 136 Å². The van der Waals surface area contributed by atoms with E-state index in [-0.39, 0.29) is 16.5 Å². The van der Waals surface area contributed by atoms with Crippen LogP contribution in [0.4, 0.5) is 0 Å². The van der Waals surface area contributed by atoms with Gasteiger partial charge in [-0.2, -0.15) is 0 Å². The highest BCUT2D eigenvalue weighted by molar-refractivity contribution is 8.01. The van der Waals surface area contributed by atoms with Crippen LogP contribution in [0.25, 0.3) is 0 Å². The van der Waals surface area contributed by atoms with Crippen molar-refractivity contribution in [1.29, 1.82) is 0 Å². The number of rotatable bonds is 5. The van der Waals surface area contributed by atoms with Gasteiger partial charge in [0.25, 0.3) is 0 Å². The van der Waals surface area contributed by atoms with Crippen molar-refractivity contribution in [3.8, 4) is 5.75 Å². The van der Waals surface area contributed by atoms with Crippen molar-refractivity contribution in [2.24, 2.45) is 0 Å². The number of hydrogen-bond donors (Lipinski definition) is 0. The molecule has 22 heavy (non-hydrogen) atoms. The number of methoxy groups -OCH3 is 1. The van der Waals surface area contributed by atoms with E-state index < -0.39 is 0 Å². The highest BCUT2D eigenvalue weighted by Crippen LogP contribution is 2.43. The zero-order valence-electron chi connectivity index (χ0n) is 13.3. The molecule has 2 saturated heterocycles. The fourth-order valence-electron chi connectivity index (χ4n) is 3.21. The normalized spacial score (nSPS) is 25.9. The molecule has 0 N–H and O–H groups in total. The average molecular weight is 320 g/mol. The van der Waals surface area contributed by atoms with Crippen LogP contribution in [-0.2, 0) is 4.79 Å². The fourth-order valence-corrected chi connectivity index (χ4v) is 4.51. The van der Waals surface area contributed by atoms with E-state index in [1.165, 1.54) is 25.9 Å². The summed E-state index contributed by atoms with van der Waals surface area (Å²) in [6.07, 6.45) is 2.58. The molecule has 0 spiro atoms. The molecular formula is C17H24N2O2S. The lowest BCUT2D eigenvalue weighted by molar-refractivity contribution is -0.130. The quantitative estimate of drug-likeness (QED) is 0.835. The maximum atomic E-state index is 12.5. The SMILES string of the molecule is COc1cccc(C2SC(C)C(=O)N2CCN2CCCC2)c1. The van der Waals surface area contributed by atoms with Crippen LogP contribution in [-0.4, -0.2) is 54.2 Å². The number of thioether (sulfide) groups is 1. The summed E-state index contributed by atoms with van der Waals surface area (Å²) in [5, 5.41) is 0.148. The van der Waals surface area contributed by atoms with Gasteiger partial charge in [0.1, 0.15) is 11.1 Å². The minimum Gasteiger partial charge on any atom is -0.497 e. The molecule has 0 saturated carbocycles. The first-order valence-electron chi connectivity index (χ1n) is 8.01. The lowest BCUT2D eigenvalue weighted by Crippen LogP contribution is -2.37. The van der Waals surface area contributed by atoms with Gasteiger partial charge in [0.05, 0.1) is 12.4 Å². The van der Waals surface area contributed by atoms with E-state index in [2.05, 4.69) is 11.0 Å². The highest BCUT2D eigenvalue weighted by atomic mass is 32.2. The zero-order valence-corrected chi connectivity index (χ0v) is 14.1. The van der Waals surface area contributed by atoms with Crippen molar-refractivity contribution < 1.29 is 9.53 Å². The first-order valence-corrected chi connectivity index (χ1v) is 8.95. The summed E-state index contributed by atoms with van der Waals surface area (Å²) in [4.78, 5) is 17.0. The molecule has 0 aromatic heterocycles. The summed E-state index contributed by atoms with van der Waals surface area (Å²) < 4.78 is 5.32. The smallest absolute Gasteiger partial charge is 0.236 e. The van der Waals surface area contributed by atoms with Gasteiger partial charge in [-0.15, -0.1) is 11.8 Å². The second-order valence-corrected chi connectivity index (χ2v) is 7.41. The largest absolute Gasteiger partial charge is 0.497 e. The molecule has 2 aliphatic heterocycles. The molecule has 3 rings (SSSR count). The third-order valence-electron chi connectivity index (χ3n) is 4.48. The second-order valence-electron chi connectivity index (χ2n) is 5.99. The third-order valence-corrected chi connectivity index (χ3v) is 5.88. The van der Waals surface area contributed by atoms with Gasteiger partial charge in [-0.25, -0.2) is 0 Å². The molecule has 0 radical (unpaired) electrons. The molecule has 1 aromatic carbocycles. The molecule has 5 heteroatoms. The van der Waals surface area contributed by atoms with Crippen molar-refractivity contribution in [3.63, 3.8) is 0 Å². The van der Waals surface area contributed by atoms with Crippen molar-refractivity contribution in [1.82, 2.24) is 9.80 Å². The van der Waals surface area contributed by atoms with Crippen LogP contribution in [0.2, 0.25) is 0 Å². The van der Waals surface area contributed by atoms with Gasteiger partial charge in [0.2, 0.25) is 5.91 Å². The van der Waals surface area contributed by atoms with Gasteiger partial charge in [-0.3, -0.25) is 4.79 Å². The van der Waals surface area contributed by atoms with Crippen molar-refractivity contribution in [2.45, 2.75) is 30.4 Å². The van der Waals surface area contributed by atoms with E-state index >= 15 is 0 Å². The molecule has 1 amide bonds. The molecule has 2 aliphatic rings. The standard InChI is InChI=1S/C17H24N2O2S/c1-13-16(20)19(11-10-18-8-3-4-9-18)17(22-13)14-6-5-7-15(12-14)21-2/h5-7,12-13,17H,3-4,8-11H2,1-2H3. The van der Waals surface area contributed by atoms with Gasteiger partial charge in [0.15, 0.2) is 0 Å². The van der Waals surface area contributed by atoms with Gasteiger partial charge < -0.3 is 14.5 Å². The third kappa shape index (κ3) is 3.25. The number of nitrogens with zero attached hydrogens (tertiary/aromatic N) is 2. The number of amides is 1. The number of hydrogen-bond acceptors (Lipinski definition) is 4. The van der Waals surface area contributed by atoms with Crippen molar-refractivity contribution in [3.05, 3.63) is 29.8 Å². The van der Waals surface area contributed by atoms with E-state index in [1.54, 1.807) is 18.9 Å². The lowest BCUT2D eigenvalue weighted by Gasteiger charge is -2.26. The summed E-state index contributed by atoms with van der Waals surface area (Å²) in [5.74, 6) is 1.11. The average Bonchev–Trinajstić information content (AvgIpc) is 3.15. The first-order chi connectivity index (χ1) is 10.7. The van der Waals surface area contributed by atoms with Crippen LogP contribution >= 0.6 is 11.8 Å². The van der Waals surface area contributed by atoms with E-state index in [0.717, 1.165) is 24.4 Å². The highest BCUT2D eigenvalue weighted by Gasteiger charge is 2.38. The van der Waals surface area contributed by atoms with Gasteiger partial charge in [-0.1, -0.05) is 12.1 Å². The molecule has 2 fully saturated rings. The second kappa shape index (κ2) is 6.92. The van der Waals surface area contributed by atoms with Crippen molar-refractivity contribution in [2.75, 3.05) is 33.3 Å². The van der Waals surface area contributed by atoms with Gasteiger partial charge >= 0.3 is 0 Å². The summed E-state index contributed by atoms with van der Waals surface area (Å²) >= 11 is 1.74. The number of ether oxygens (including phenoxy) is 1. The molecule has 2 heterocycles. The van der Waals surface area contributed by atoms with Crippen LogP contribution in [0.5, 0.6) is 5.75 Å². The Hall–Kier alpha value is -1.20. The summed E-state index contributed by atoms with van der Waals surface area (Å²) in [6, 6.07) is 8.09. The zero-order chi connectivity index (χ0) is 15.5. The predicted molar refractivity (Wildman–Crippen MR) is 90.2 cm³/mol. The van der Waals surface area contributed by atoms with Crippen molar-refractivity contribution >= 4 is 17.7 Å². The molecule has 0 aliphatic carbocycles. The lowest BCUT2D eigenvalue weighted by atomic mass is 10.2. The number of carbonyl (C=O) groups excluding carboxylic acids is 1. The number of likely N-dealkylation sites (tertiary alicyclic amines) is 1. The molecular weight excluding hydrogens is 296 g/mol. The fraction of sp³-hybridized carbons (Fsp3) is 0.588. The summed E-state index contributed by atoms with van der Waals surface area (Å²) in [6.45, 7) is 6.16. The predicted octanol–water partition coefficient (Wildman–Crippen LogP) is 2.75. The van der Waals surface area contributed by atoms with Crippen LogP contribution in [0.1, 0.15) is 30.7 Å². The minimum atomic E-state index is 0.0368. The van der Waals surface area contributed by atoms with Crippen LogP contribution in [0.3, 0.4) is 0 Å². The van der Waals surface area contributed by atoms with Gasteiger partial charge in [-0.05, 0) is 50.6 Å². The minimum absolute atomic E-state index is 0.0368. The summed E-state index contributed by atoms with van der Waals surface area (Å²) in [7, 11) is 1.68. The Morgan fingerprint density at radius 1 is 1.27 bits per heavy atom. The van der Waals surface area contributed by atoms with Crippen LogP contribution in [0.15, 0.2) is 24.3 Å². The molecule has 2 unspecified atom stereocenters. The molecule has 1 aromatic rings. The topological polar surface area (TPSA) is 32.8 Å². The maximum Gasteiger partial charge on any atom is 0.236 e. The number of carbonyl (C=O) groups is 1. The molecule has 4 nitrogen and oxygen atoms in total. The number of benzene rings is 1.